The highest BCUT2D eigenvalue weighted by molar-refractivity contribution is 6.30. The third-order valence-corrected chi connectivity index (χ3v) is 6.45. The van der Waals surface area contributed by atoms with Crippen LogP contribution in [-0.4, -0.2) is 47.3 Å². The largest absolute Gasteiger partial charge is 0.493 e. The molecule has 0 amide bonds. The van der Waals surface area contributed by atoms with E-state index in [9.17, 15) is 0 Å². The average molecular weight is 504 g/mol. The van der Waals surface area contributed by atoms with Gasteiger partial charge in [0, 0.05) is 35.8 Å². The lowest BCUT2D eigenvalue weighted by atomic mass is 10.1. The van der Waals surface area contributed by atoms with Gasteiger partial charge >= 0.3 is 0 Å². The van der Waals surface area contributed by atoms with Crippen LogP contribution in [0.4, 0.5) is 0 Å². The number of hydrogen-bond donors (Lipinski definition) is 0. The first-order valence-corrected chi connectivity index (χ1v) is 13.0. The number of rotatable bonds is 13. The lowest BCUT2D eigenvalue weighted by Gasteiger charge is -2.17. The summed E-state index contributed by atoms with van der Waals surface area (Å²) in [6, 6.07) is 24.1. The van der Waals surface area contributed by atoms with Gasteiger partial charge in [0.2, 0.25) is 0 Å². The minimum absolute atomic E-state index is 0.615. The zero-order chi connectivity index (χ0) is 25.2. The van der Waals surface area contributed by atoms with Crippen LogP contribution in [0.1, 0.15) is 25.8 Å². The smallest absolute Gasteiger partial charge is 0.121 e. The fraction of sp³-hybridized carbons (Fsp3) is 0.300. The minimum Gasteiger partial charge on any atom is -0.493 e. The molecule has 5 nitrogen and oxygen atoms in total. The van der Waals surface area contributed by atoms with Crippen molar-refractivity contribution in [3.8, 4) is 28.4 Å². The monoisotopic (exact) mass is 503 g/mol. The summed E-state index contributed by atoms with van der Waals surface area (Å²) in [5.74, 6) is 1.72. The van der Waals surface area contributed by atoms with Crippen LogP contribution in [-0.2, 0) is 6.42 Å². The van der Waals surface area contributed by atoms with Gasteiger partial charge in [-0.2, -0.15) is 0 Å². The van der Waals surface area contributed by atoms with E-state index in [1.54, 1.807) is 0 Å². The maximum atomic E-state index is 6.00. The molecule has 0 radical (unpaired) electrons. The Morgan fingerprint density at radius 2 is 1.61 bits per heavy atom. The highest BCUT2D eigenvalue weighted by Crippen LogP contribution is 2.24. The number of benzene rings is 3. The molecule has 0 unspecified atom stereocenters. The van der Waals surface area contributed by atoms with E-state index in [-0.39, 0.29) is 0 Å². The Morgan fingerprint density at radius 3 is 2.36 bits per heavy atom. The lowest BCUT2D eigenvalue weighted by Crippen LogP contribution is -2.25. The van der Waals surface area contributed by atoms with Gasteiger partial charge in [0.1, 0.15) is 11.5 Å². The second-order valence-corrected chi connectivity index (χ2v) is 9.08. The number of imidazole rings is 1. The zero-order valence-corrected chi connectivity index (χ0v) is 21.8. The first-order chi connectivity index (χ1) is 17.6. The van der Waals surface area contributed by atoms with Gasteiger partial charge in [-0.1, -0.05) is 43.6 Å². The molecular formula is C30H34ClN3O2. The van der Waals surface area contributed by atoms with Crippen LogP contribution in [0.25, 0.3) is 16.9 Å². The summed E-state index contributed by atoms with van der Waals surface area (Å²) >= 11 is 5.95. The third-order valence-electron chi connectivity index (χ3n) is 6.20. The van der Waals surface area contributed by atoms with E-state index >= 15 is 0 Å². The van der Waals surface area contributed by atoms with Crippen LogP contribution in [0, 0.1) is 0 Å². The van der Waals surface area contributed by atoms with Crippen molar-refractivity contribution >= 4 is 11.6 Å². The molecule has 1 aromatic heterocycles. The van der Waals surface area contributed by atoms with E-state index in [0.29, 0.717) is 13.2 Å². The van der Waals surface area contributed by atoms with Crippen LogP contribution < -0.4 is 9.47 Å². The van der Waals surface area contributed by atoms with Crippen molar-refractivity contribution in [3.05, 3.63) is 95.9 Å². The topological polar surface area (TPSA) is 39.5 Å². The second kappa shape index (κ2) is 13.1. The van der Waals surface area contributed by atoms with Crippen molar-refractivity contribution in [2.75, 3.05) is 32.8 Å². The SMILES string of the molecule is CCN(CC)CCCOc1cccc(-n2cnc(-c3ccc(OCCc4ccc(Cl)cc4)cc3)c2)c1. The standard InChI is InChI=1S/C30H34ClN3O2/c1-3-33(4-2)18-6-19-35-29-8-5-7-27(21-29)34-22-30(32-23-34)25-11-15-28(16-12-25)36-20-17-24-9-13-26(31)14-10-24/h5,7-16,21-23H,3-4,6,17-20H2,1-2H3. The highest BCUT2D eigenvalue weighted by Gasteiger charge is 2.06. The normalized spacial score (nSPS) is 11.1. The summed E-state index contributed by atoms with van der Waals surface area (Å²) in [7, 11) is 0. The number of aromatic nitrogens is 2. The van der Waals surface area contributed by atoms with Crippen molar-refractivity contribution in [3.63, 3.8) is 0 Å². The maximum absolute atomic E-state index is 6.00. The van der Waals surface area contributed by atoms with Gasteiger partial charge in [-0.15, -0.1) is 0 Å². The predicted octanol–water partition coefficient (Wildman–Crippen LogP) is 6.92. The second-order valence-electron chi connectivity index (χ2n) is 8.64. The Bertz CT molecular complexity index is 1200. The van der Waals surface area contributed by atoms with Gasteiger partial charge in [0.15, 0.2) is 0 Å². The number of ether oxygens (including phenoxy) is 2. The maximum Gasteiger partial charge on any atom is 0.121 e. The number of hydrogen-bond acceptors (Lipinski definition) is 4. The first-order valence-electron chi connectivity index (χ1n) is 12.6. The van der Waals surface area contributed by atoms with Gasteiger partial charge in [-0.3, -0.25) is 0 Å². The molecule has 6 heteroatoms. The van der Waals surface area contributed by atoms with Crippen molar-refractivity contribution in [1.82, 2.24) is 14.5 Å². The molecule has 0 aliphatic heterocycles. The number of nitrogens with zero attached hydrogens (tertiary/aromatic N) is 3. The molecule has 0 saturated heterocycles. The van der Waals surface area contributed by atoms with Crippen LogP contribution >= 0.6 is 11.6 Å². The molecule has 4 rings (SSSR count). The number of halogens is 1. The molecule has 0 saturated carbocycles. The van der Waals surface area contributed by atoms with E-state index in [4.69, 9.17) is 21.1 Å². The van der Waals surface area contributed by atoms with Gasteiger partial charge < -0.3 is 18.9 Å². The molecule has 0 N–H and O–H groups in total. The molecule has 0 atom stereocenters. The molecule has 188 valence electrons. The van der Waals surface area contributed by atoms with Crippen molar-refractivity contribution in [2.24, 2.45) is 0 Å². The summed E-state index contributed by atoms with van der Waals surface area (Å²) in [6.45, 7) is 8.93. The Hall–Kier alpha value is -3.28. The van der Waals surface area contributed by atoms with E-state index < -0.39 is 0 Å². The molecule has 0 aliphatic rings. The zero-order valence-electron chi connectivity index (χ0n) is 21.1. The fourth-order valence-corrected chi connectivity index (χ4v) is 4.15. The van der Waals surface area contributed by atoms with Gasteiger partial charge in [0.05, 0.1) is 30.9 Å². The molecule has 0 bridgehead atoms. The summed E-state index contributed by atoms with van der Waals surface area (Å²) in [4.78, 5) is 7.02. The molecule has 4 aromatic rings. The molecule has 0 fully saturated rings. The van der Waals surface area contributed by atoms with Crippen molar-refractivity contribution in [1.29, 1.82) is 0 Å². The molecule has 1 heterocycles. The van der Waals surface area contributed by atoms with Crippen molar-refractivity contribution < 1.29 is 9.47 Å². The quantitative estimate of drug-likeness (QED) is 0.185. The van der Waals surface area contributed by atoms with Crippen LogP contribution in [0.3, 0.4) is 0 Å². The van der Waals surface area contributed by atoms with Crippen molar-refractivity contribution in [2.45, 2.75) is 26.7 Å². The van der Waals surface area contributed by atoms with Gasteiger partial charge in [0.25, 0.3) is 0 Å². The minimum atomic E-state index is 0.615. The Balaban J connectivity index is 1.30. The first kappa shape index (κ1) is 25.8. The summed E-state index contributed by atoms with van der Waals surface area (Å²) in [5, 5.41) is 0.750. The van der Waals surface area contributed by atoms with Crippen LogP contribution in [0.5, 0.6) is 11.5 Å². The van der Waals surface area contributed by atoms with E-state index in [1.807, 2.05) is 77.8 Å². The molecule has 0 spiro atoms. The highest BCUT2D eigenvalue weighted by atomic mass is 35.5. The predicted molar refractivity (Wildman–Crippen MR) is 148 cm³/mol. The Morgan fingerprint density at radius 1 is 0.861 bits per heavy atom. The van der Waals surface area contributed by atoms with E-state index in [0.717, 1.165) is 65.9 Å². The van der Waals surface area contributed by atoms with Gasteiger partial charge in [-0.25, -0.2) is 4.98 Å². The Kier molecular flexibility index (Phi) is 9.42. The van der Waals surface area contributed by atoms with Crippen LogP contribution in [0.2, 0.25) is 5.02 Å². The summed E-state index contributed by atoms with van der Waals surface area (Å²) in [5.41, 5.74) is 4.18. The molecular weight excluding hydrogens is 470 g/mol. The van der Waals surface area contributed by atoms with E-state index in [2.05, 4.69) is 35.9 Å². The summed E-state index contributed by atoms with van der Waals surface area (Å²) in [6.07, 6.45) is 5.73. The lowest BCUT2D eigenvalue weighted by molar-refractivity contribution is 0.249. The Labute approximate surface area is 219 Å². The van der Waals surface area contributed by atoms with Crippen LogP contribution in [0.15, 0.2) is 85.3 Å². The fourth-order valence-electron chi connectivity index (χ4n) is 4.02. The molecule has 3 aromatic carbocycles. The molecule has 36 heavy (non-hydrogen) atoms. The van der Waals surface area contributed by atoms with E-state index in [1.165, 1.54) is 5.56 Å². The average Bonchev–Trinajstić information content (AvgIpc) is 3.41. The van der Waals surface area contributed by atoms with Gasteiger partial charge in [-0.05, 0) is 73.6 Å². The summed E-state index contributed by atoms with van der Waals surface area (Å²) < 4.78 is 13.9. The third kappa shape index (κ3) is 7.36. The molecule has 0 aliphatic carbocycles.